The van der Waals surface area contributed by atoms with E-state index in [1.54, 1.807) is 42.3 Å². The number of nitrogens with one attached hydrogen (secondary N) is 1. The number of anilines is 1. The lowest BCUT2D eigenvalue weighted by molar-refractivity contribution is -0.117. The average molecular weight is 375 g/mol. The minimum absolute atomic E-state index is 0.0244. The van der Waals surface area contributed by atoms with Crippen LogP contribution >= 0.6 is 0 Å². The van der Waals surface area contributed by atoms with Crippen molar-refractivity contribution in [3.05, 3.63) is 59.2 Å². The lowest BCUT2D eigenvalue weighted by Gasteiger charge is -2.18. The molecule has 0 aliphatic rings. The van der Waals surface area contributed by atoms with Crippen LogP contribution in [0.5, 0.6) is 0 Å². The first-order valence-corrected chi connectivity index (χ1v) is 10.2. The minimum atomic E-state index is -3.34. The highest BCUT2D eigenvalue weighted by Gasteiger charge is 2.16. The molecule has 0 aliphatic carbocycles. The van der Waals surface area contributed by atoms with Gasteiger partial charge >= 0.3 is 0 Å². The van der Waals surface area contributed by atoms with Crippen molar-refractivity contribution < 1.29 is 13.2 Å². The summed E-state index contributed by atoms with van der Waals surface area (Å²) in [7, 11) is -1.60. The number of carbonyl (C=O) groups is 1. The SMILES string of the molecule is Cc1cc(C)c(NC(=O)CN(C)CCS(=O)(=O)c2ccccc2)c(C)c1. The number of carbonyl (C=O) groups excluding carboxylic acids is 1. The maximum atomic E-state index is 12.3. The van der Waals surface area contributed by atoms with Gasteiger partial charge in [-0.1, -0.05) is 35.9 Å². The number of benzene rings is 2. The van der Waals surface area contributed by atoms with E-state index in [4.69, 9.17) is 0 Å². The zero-order chi connectivity index (χ0) is 19.3. The third-order valence-electron chi connectivity index (χ3n) is 4.20. The molecule has 6 heteroatoms. The molecule has 0 spiro atoms. The quantitative estimate of drug-likeness (QED) is 0.809. The Morgan fingerprint density at radius 3 is 2.19 bits per heavy atom. The highest BCUT2D eigenvalue weighted by Crippen LogP contribution is 2.21. The summed E-state index contributed by atoms with van der Waals surface area (Å²) in [6.07, 6.45) is 0. The standard InChI is InChI=1S/C20H26N2O3S/c1-15-12-16(2)20(17(3)13-15)21-19(23)14-22(4)10-11-26(24,25)18-8-6-5-7-9-18/h5-9,12-13H,10-11,14H2,1-4H3,(H,21,23). The van der Waals surface area contributed by atoms with Gasteiger partial charge in [0, 0.05) is 12.2 Å². The fraction of sp³-hybridized carbons (Fsp3) is 0.350. The van der Waals surface area contributed by atoms with E-state index < -0.39 is 9.84 Å². The topological polar surface area (TPSA) is 66.5 Å². The summed E-state index contributed by atoms with van der Waals surface area (Å²) >= 11 is 0. The van der Waals surface area contributed by atoms with Crippen LogP contribution in [0.2, 0.25) is 0 Å². The van der Waals surface area contributed by atoms with Crippen molar-refractivity contribution in [3.8, 4) is 0 Å². The number of likely N-dealkylation sites (N-methyl/N-ethyl adjacent to an activating group) is 1. The van der Waals surface area contributed by atoms with Crippen molar-refractivity contribution in [2.75, 3.05) is 31.2 Å². The molecule has 0 atom stereocenters. The Balaban J connectivity index is 1.92. The van der Waals surface area contributed by atoms with E-state index in [9.17, 15) is 13.2 Å². The van der Waals surface area contributed by atoms with Crippen LogP contribution in [0.25, 0.3) is 0 Å². The highest BCUT2D eigenvalue weighted by atomic mass is 32.2. The molecule has 0 radical (unpaired) electrons. The first kappa shape index (κ1) is 20.1. The number of hydrogen-bond donors (Lipinski definition) is 1. The second-order valence-electron chi connectivity index (χ2n) is 6.69. The van der Waals surface area contributed by atoms with Gasteiger partial charge in [-0.3, -0.25) is 9.69 Å². The number of sulfone groups is 1. The number of amides is 1. The molecule has 0 heterocycles. The van der Waals surface area contributed by atoms with Gasteiger partial charge in [-0.05, 0) is 51.1 Å². The van der Waals surface area contributed by atoms with Crippen LogP contribution in [-0.2, 0) is 14.6 Å². The monoisotopic (exact) mass is 374 g/mol. The zero-order valence-corrected chi connectivity index (χ0v) is 16.6. The van der Waals surface area contributed by atoms with Gasteiger partial charge in [-0.2, -0.15) is 0 Å². The van der Waals surface area contributed by atoms with Crippen LogP contribution in [0, 0.1) is 20.8 Å². The molecular formula is C20H26N2O3S. The van der Waals surface area contributed by atoms with Crippen LogP contribution in [0.15, 0.2) is 47.4 Å². The van der Waals surface area contributed by atoms with Gasteiger partial charge in [-0.15, -0.1) is 0 Å². The van der Waals surface area contributed by atoms with Gasteiger partial charge in [0.15, 0.2) is 9.84 Å². The average Bonchev–Trinajstić information content (AvgIpc) is 2.57. The van der Waals surface area contributed by atoms with Crippen molar-refractivity contribution in [3.63, 3.8) is 0 Å². The Kier molecular flexibility index (Phi) is 6.56. The molecular weight excluding hydrogens is 348 g/mol. The summed E-state index contributed by atoms with van der Waals surface area (Å²) in [4.78, 5) is 14.3. The molecule has 0 unspecified atom stereocenters. The molecule has 1 amide bonds. The molecule has 0 aromatic heterocycles. The first-order valence-electron chi connectivity index (χ1n) is 8.53. The summed E-state index contributed by atoms with van der Waals surface area (Å²) in [5.74, 6) is -0.178. The van der Waals surface area contributed by atoms with Crippen LogP contribution < -0.4 is 5.32 Å². The van der Waals surface area contributed by atoms with Gasteiger partial charge in [0.2, 0.25) is 5.91 Å². The summed E-state index contributed by atoms with van der Waals surface area (Å²) < 4.78 is 24.6. The molecule has 140 valence electrons. The summed E-state index contributed by atoms with van der Waals surface area (Å²) in [6, 6.07) is 12.4. The molecule has 0 bridgehead atoms. The molecule has 26 heavy (non-hydrogen) atoms. The smallest absolute Gasteiger partial charge is 0.238 e. The van der Waals surface area contributed by atoms with Crippen molar-refractivity contribution >= 4 is 21.4 Å². The van der Waals surface area contributed by atoms with Crippen molar-refractivity contribution in [2.24, 2.45) is 0 Å². The van der Waals surface area contributed by atoms with Crippen LogP contribution in [0.1, 0.15) is 16.7 Å². The van der Waals surface area contributed by atoms with Gasteiger partial charge in [0.1, 0.15) is 0 Å². The fourth-order valence-corrected chi connectivity index (χ4v) is 4.26. The predicted molar refractivity (Wildman–Crippen MR) is 105 cm³/mol. The molecule has 0 saturated carbocycles. The van der Waals surface area contributed by atoms with Gasteiger partial charge in [0.05, 0.1) is 17.2 Å². The van der Waals surface area contributed by atoms with Crippen LogP contribution in [0.3, 0.4) is 0 Å². The molecule has 2 rings (SSSR count). The molecule has 0 saturated heterocycles. The van der Waals surface area contributed by atoms with Crippen molar-refractivity contribution in [1.82, 2.24) is 4.90 Å². The first-order chi connectivity index (χ1) is 12.2. The molecule has 0 fully saturated rings. The summed E-state index contributed by atoms with van der Waals surface area (Å²) in [5, 5.41) is 2.94. The normalized spacial score (nSPS) is 11.6. The molecule has 2 aromatic carbocycles. The van der Waals surface area contributed by atoms with E-state index >= 15 is 0 Å². The minimum Gasteiger partial charge on any atom is -0.324 e. The Hall–Kier alpha value is -2.18. The second-order valence-corrected chi connectivity index (χ2v) is 8.80. The maximum absolute atomic E-state index is 12.3. The number of nitrogens with zero attached hydrogens (tertiary/aromatic N) is 1. The van der Waals surface area contributed by atoms with Crippen molar-refractivity contribution in [1.29, 1.82) is 0 Å². The molecule has 5 nitrogen and oxygen atoms in total. The second kappa shape index (κ2) is 8.47. The van der Waals surface area contributed by atoms with E-state index in [0.717, 1.165) is 22.4 Å². The highest BCUT2D eigenvalue weighted by molar-refractivity contribution is 7.91. The van der Waals surface area contributed by atoms with Crippen molar-refractivity contribution in [2.45, 2.75) is 25.7 Å². The van der Waals surface area contributed by atoms with E-state index in [1.165, 1.54) is 0 Å². The lowest BCUT2D eigenvalue weighted by Crippen LogP contribution is -2.33. The third-order valence-corrected chi connectivity index (χ3v) is 5.91. The lowest BCUT2D eigenvalue weighted by atomic mass is 10.1. The van der Waals surface area contributed by atoms with Crippen LogP contribution in [0.4, 0.5) is 5.69 Å². The Labute approximate surface area is 156 Å². The number of aryl methyl sites for hydroxylation is 3. The molecule has 1 N–H and O–H groups in total. The number of rotatable bonds is 7. The molecule has 0 aliphatic heterocycles. The summed E-state index contributed by atoms with van der Waals surface area (Å²) in [5.41, 5.74) is 4.02. The van der Waals surface area contributed by atoms with Gasteiger partial charge in [0.25, 0.3) is 0 Å². The third kappa shape index (κ3) is 5.41. The Morgan fingerprint density at radius 2 is 1.62 bits per heavy atom. The fourth-order valence-electron chi connectivity index (χ4n) is 2.90. The maximum Gasteiger partial charge on any atom is 0.238 e. The largest absolute Gasteiger partial charge is 0.324 e. The predicted octanol–water partition coefficient (Wildman–Crippen LogP) is 2.96. The zero-order valence-electron chi connectivity index (χ0n) is 15.7. The van der Waals surface area contributed by atoms with Gasteiger partial charge in [-0.25, -0.2) is 8.42 Å². The van der Waals surface area contributed by atoms with Gasteiger partial charge < -0.3 is 5.32 Å². The van der Waals surface area contributed by atoms with E-state index in [-0.39, 0.29) is 24.7 Å². The Morgan fingerprint density at radius 1 is 1.04 bits per heavy atom. The van der Waals surface area contributed by atoms with E-state index in [0.29, 0.717) is 4.90 Å². The molecule has 2 aromatic rings. The summed E-state index contributed by atoms with van der Waals surface area (Å²) in [6.45, 7) is 6.37. The Bertz CT molecular complexity index is 854. The van der Waals surface area contributed by atoms with E-state index in [1.807, 2.05) is 32.9 Å². The van der Waals surface area contributed by atoms with E-state index in [2.05, 4.69) is 5.32 Å². The van der Waals surface area contributed by atoms with Crippen LogP contribution in [-0.4, -0.2) is 45.1 Å². The number of hydrogen-bond acceptors (Lipinski definition) is 4.